The molecular weight excluding hydrogens is 272 g/mol. The maximum absolute atomic E-state index is 12.2. The number of benzene rings is 1. The quantitative estimate of drug-likeness (QED) is 0.909. The molecule has 0 atom stereocenters. The maximum atomic E-state index is 12.2. The van der Waals surface area contributed by atoms with Crippen LogP contribution in [0, 0.1) is 0 Å². The standard InChI is InChI=1S/C19H22N2O/c22-19-16(12-20-17-8-9-17)7-10-18(21-19)15-6-5-13-3-1-2-4-14(13)11-15/h5-7,10-11,17,20H,1-4,8-9,12H2,(H,21,22). The number of nitrogens with one attached hydrogen (secondary N) is 2. The topological polar surface area (TPSA) is 44.9 Å². The summed E-state index contributed by atoms with van der Waals surface area (Å²) in [4.78, 5) is 15.3. The lowest BCUT2D eigenvalue weighted by Crippen LogP contribution is -2.22. The Kier molecular flexibility index (Phi) is 3.59. The van der Waals surface area contributed by atoms with Crippen molar-refractivity contribution in [3.8, 4) is 11.3 Å². The highest BCUT2D eigenvalue weighted by Gasteiger charge is 2.20. The summed E-state index contributed by atoms with van der Waals surface area (Å²) in [5.74, 6) is 0. The van der Waals surface area contributed by atoms with E-state index in [4.69, 9.17) is 0 Å². The minimum atomic E-state index is 0.0309. The number of H-pyrrole nitrogens is 1. The minimum Gasteiger partial charge on any atom is -0.322 e. The van der Waals surface area contributed by atoms with Crippen LogP contribution in [0.15, 0.2) is 35.1 Å². The first kappa shape index (κ1) is 13.8. The van der Waals surface area contributed by atoms with E-state index >= 15 is 0 Å². The fourth-order valence-electron chi connectivity index (χ4n) is 3.25. The average Bonchev–Trinajstić information content (AvgIpc) is 3.37. The number of pyridine rings is 1. The summed E-state index contributed by atoms with van der Waals surface area (Å²) in [6.07, 6.45) is 7.41. The molecule has 1 aromatic carbocycles. The van der Waals surface area contributed by atoms with Crippen LogP contribution in [0.3, 0.4) is 0 Å². The third kappa shape index (κ3) is 2.86. The third-order valence-electron chi connectivity index (χ3n) is 4.81. The van der Waals surface area contributed by atoms with Gasteiger partial charge in [-0.15, -0.1) is 0 Å². The molecule has 1 fully saturated rings. The molecular formula is C19H22N2O. The van der Waals surface area contributed by atoms with Crippen LogP contribution in [0.4, 0.5) is 0 Å². The zero-order valence-corrected chi connectivity index (χ0v) is 12.8. The summed E-state index contributed by atoms with van der Waals surface area (Å²) in [5, 5.41) is 3.39. The number of rotatable bonds is 4. The van der Waals surface area contributed by atoms with Crippen molar-refractivity contribution in [3.05, 3.63) is 57.4 Å². The van der Waals surface area contributed by atoms with E-state index in [0.717, 1.165) is 23.2 Å². The normalized spacial score (nSPS) is 17.3. The molecule has 114 valence electrons. The van der Waals surface area contributed by atoms with Crippen molar-refractivity contribution in [1.29, 1.82) is 0 Å². The van der Waals surface area contributed by atoms with Crippen LogP contribution in [0.25, 0.3) is 11.3 Å². The van der Waals surface area contributed by atoms with Gasteiger partial charge in [-0.2, -0.15) is 0 Å². The molecule has 3 nitrogen and oxygen atoms in total. The number of aromatic nitrogens is 1. The molecule has 0 bridgehead atoms. The van der Waals surface area contributed by atoms with E-state index in [1.54, 1.807) is 0 Å². The van der Waals surface area contributed by atoms with Gasteiger partial charge in [0.05, 0.1) is 0 Å². The molecule has 3 heteroatoms. The van der Waals surface area contributed by atoms with Crippen molar-refractivity contribution in [2.75, 3.05) is 0 Å². The highest BCUT2D eigenvalue weighted by Crippen LogP contribution is 2.26. The van der Waals surface area contributed by atoms with E-state index in [1.165, 1.54) is 43.2 Å². The molecule has 0 unspecified atom stereocenters. The van der Waals surface area contributed by atoms with Crippen molar-refractivity contribution in [2.45, 2.75) is 51.1 Å². The largest absolute Gasteiger partial charge is 0.322 e. The molecule has 0 amide bonds. The summed E-state index contributed by atoms with van der Waals surface area (Å²) in [6.45, 7) is 0.671. The average molecular weight is 294 g/mol. The monoisotopic (exact) mass is 294 g/mol. The fraction of sp³-hybridized carbons (Fsp3) is 0.421. The van der Waals surface area contributed by atoms with Crippen LogP contribution >= 0.6 is 0 Å². The number of hydrogen-bond acceptors (Lipinski definition) is 2. The molecule has 0 aliphatic heterocycles. The van der Waals surface area contributed by atoms with Crippen LogP contribution in [-0.4, -0.2) is 11.0 Å². The van der Waals surface area contributed by atoms with E-state index in [2.05, 4.69) is 28.5 Å². The molecule has 2 aliphatic carbocycles. The number of hydrogen-bond donors (Lipinski definition) is 2. The maximum Gasteiger partial charge on any atom is 0.252 e. The van der Waals surface area contributed by atoms with E-state index in [1.807, 2.05) is 12.1 Å². The van der Waals surface area contributed by atoms with Crippen LogP contribution < -0.4 is 10.9 Å². The second-order valence-electron chi connectivity index (χ2n) is 6.57. The Hall–Kier alpha value is -1.87. The summed E-state index contributed by atoms with van der Waals surface area (Å²) in [6, 6.07) is 11.2. The number of fused-ring (bicyclic) bond motifs is 1. The Balaban J connectivity index is 1.59. The van der Waals surface area contributed by atoms with Gasteiger partial charge in [0.1, 0.15) is 0 Å². The van der Waals surface area contributed by atoms with Gasteiger partial charge >= 0.3 is 0 Å². The molecule has 1 saturated carbocycles. The van der Waals surface area contributed by atoms with E-state index in [9.17, 15) is 4.79 Å². The molecule has 1 heterocycles. The van der Waals surface area contributed by atoms with Gasteiger partial charge in [-0.25, -0.2) is 0 Å². The molecule has 1 aromatic heterocycles. The van der Waals surface area contributed by atoms with Gasteiger partial charge in [0.25, 0.3) is 5.56 Å². The Labute approximate surface area is 130 Å². The van der Waals surface area contributed by atoms with Gasteiger partial charge < -0.3 is 10.3 Å². The van der Waals surface area contributed by atoms with Crippen LogP contribution in [-0.2, 0) is 19.4 Å². The second-order valence-corrected chi connectivity index (χ2v) is 6.57. The van der Waals surface area contributed by atoms with Crippen LogP contribution in [0.5, 0.6) is 0 Å². The second kappa shape index (κ2) is 5.73. The summed E-state index contributed by atoms with van der Waals surface area (Å²) >= 11 is 0. The molecule has 4 rings (SSSR count). The zero-order chi connectivity index (χ0) is 14.9. The molecule has 2 N–H and O–H groups in total. The number of aryl methyl sites for hydroxylation is 2. The number of aromatic amines is 1. The Morgan fingerprint density at radius 3 is 2.64 bits per heavy atom. The molecule has 0 spiro atoms. The van der Waals surface area contributed by atoms with Crippen molar-refractivity contribution >= 4 is 0 Å². The lowest BCUT2D eigenvalue weighted by molar-refractivity contribution is 0.682. The van der Waals surface area contributed by atoms with Crippen molar-refractivity contribution in [3.63, 3.8) is 0 Å². The molecule has 2 aromatic rings. The predicted octanol–water partition coefficient (Wildman–Crippen LogP) is 3.17. The smallest absolute Gasteiger partial charge is 0.252 e. The Bertz CT molecular complexity index is 743. The highest BCUT2D eigenvalue weighted by molar-refractivity contribution is 5.61. The van der Waals surface area contributed by atoms with E-state index < -0.39 is 0 Å². The summed E-state index contributed by atoms with van der Waals surface area (Å²) in [7, 11) is 0. The minimum absolute atomic E-state index is 0.0309. The Morgan fingerprint density at radius 2 is 1.86 bits per heavy atom. The Morgan fingerprint density at radius 1 is 1.05 bits per heavy atom. The molecule has 22 heavy (non-hydrogen) atoms. The van der Waals surface area contributed by atoms with Crippen LogP contribution in [0.1, 0.15) is 42.4 Å². The molecule has 0 saturated heterocycles. The molecule has 0 radical (unpaired) electrons. The first-order valence-corrected chi connectivity index (χ1v) is 8.37. The summed E-state index contributed by atoms with van der Waals surface area (Å²) in [5.41, 5.74) is 5.83. The van der Waals surface area contributed by atoms with Crippen molar-refractivity contribution in [2.24, 2.45) is 0 Å². The first-order valence-electron chi connectivity index (χ1n) is 8.37. The zero-order valence-electron chi connectivity index (χ0n) is 12.8. The van der Waals surface area contributed by atoms with Gasteiger partial charge in [0, 0.05) is 23.8 Å². The van der Waals surface area contributed by atoms with Crippen molar-refractivity contribution < 1.29 is 0 Å². The van der Waals surface area contributed by atoms with Crippen molar-refractivity contribution in [1.82, 2.24) is 10.3 Å². The summed E-state index contributed by atoms with van der Waals surface area (Å²) < 4.78 is 0. The lowest BCUT2D eigenvalue weighted by atomic mass is 9.90. The van der Waals surface area contributed by atoms with E-state index in [0.29, 0.717) is 12.6 Å². The first-order chi connectivity index (χ1) is 10.8. The van der Waals surface area contributed by atoms with Gasteiger partial charge in [0.15, 0.2) is 0 Å². The lowest BCUT2D eigenvalue weighted by Gasteiger charge is -2.16. The van der Waals surface area contributed by atoms with Gasteiger partial charge in [0.2, 0.25) is 0 Å². The van der Waals surface area contributed by atoms with Gasteiger partial charge in [-0.05, 0) is 67.3 Å². The van der Waals surface area contributed by atoms with E-state index in [-0.39, 0.29) is 5.56 Å². The van der Waals surface area contributed by atoms with Crippen LogP contribution in [0.2, 0.25) is 0 Å². The SMILES string of the molecule is O=c1[nH]c(-c2ccc3c(c2)CCCC3)ccc1CNC1CC1. The molecule has 2 aliphatic rings. The fourth-order valence-corrected chi connectivity index (χ4v) is 3.25. The van der Waals surface area contributed by atoms with Gasteiger partial charge in [-0.3, -0.25) is 4.79 Å². The third-order valence-corrected chi connectivity index (χ3v) is 4.81. The highest BCUT2D eigenvalue weighted by atomic mass is 16.1. The van der Waals surface area contributed by atoms with Gasteiger partial charge in [-0.1, -0.05) is 18.2 Å². The predicted molar refractivity (Wildman–Crippen MR) is 89.0 cm³/mol.